The van der Waals surface area contributed by atoms with Crippen molar-refractivity contribution in [1.29, 1.82) is 0 Å². The van der Waals surface area contributed by atoms with Crippen LogP contribution in [0.3, 0.4) is 0 Å². The van der Waals surface area contributed by atoms with Gasteiger partial charge in [-0.3, -0.25) is 9.59 Å². The second kappa shape index (κ2) is 16.5. The van der Waals surface area contributed by atoms with E-state index < -0.39 is 6.04 Å². The molecule has 0 spiro atoms. The number of carbonyl (C=O) groups is 2. The Kier molecular flexibility index (Phi) is 12.5. The van der Waals surface area contributed by atoms with Gasteiger partial charge >= 0.3 is 0 Å². The summed E-state index contributed by atoms with van der Waals surface area (Å²) in [6, 6.07) is 9.15. The standard InChI is InChI=1S/C31H41N9O2/c1-6-17-32-29-25(23-34-31(37-29)36-26-14-10-15-27(22-26)40-21-12-19-35-40)13-8-7-9-18-33-30(42)24(2)39(5)28(41)16-11-20-38(3)4/h10-12,14-16,19,21-24H,6-7,9,17-18,20H2,1-5H3,(H,33,42)(H2,32,34,36,37)/t24-/m0/s1. The number of carbonyl (C=O) groups excluding carboxylic acids is 2. The zero-order valence-electron chi connectivity index (χ0n) is 25.1. The van der Waals surface area contributed by atoms with E-state index in [1.54, 1.807) is 37.1 Å². The van der Waals surface area contributed by atoms with Gasteiger partial charge in [0.15, 0.2) is 0 Å². The Morgan fingerprint density at radius 1 is 1.17 bits per heavy atom. The third kappa shape index (κ3) is 10.1. The molecule has 0 radical (unpaired) electrons. The molecule has 11 heteroatoms. The number of likely N-dealkylation sites (N-methyl/N-ethyl adjacent to an activating group) is 2. The van der Waals surface area contributed by atoms with Crippen molar-refractivity contribution in [2.24, 2.45) is 0 Å². The highest BCUT2D eigenvalue weighted by atomic mass is 16.2. The molecule has 0 fully saturated rings. The van der Waals surface area contributed by atoms with Gasteiger partial charge < -0.3 is 25.8 Å². The van der Waals surface area contributed by atoms with E-state index in [9.17, 15) is 9.59 Å². The molecule has 2 heterocycles. The van der Waals surface area contributed by atoms with Crippen molar-refractivity contribution < 1.29 is 9.59 Å². The normalized spacial score (nSPS) is 11.6. The summed E-state index contributed by atoms with van der Waals surface area (Å²) in [4.78, 5) is 37.3. The fourth-order valence-electron chi connectivity index (χ4n) is 3.73. The number of nitrogens with zero attached hydrogens (tertiary/aromatic N) is 6. The zero-order valence-corrected chi connectivity index (χ0v) is 25.1. The molecule has 222 valence electrons. The van der Waals surface area contributed by atoms with Crippen LogP contribution < -0.4 is 16.0 Å². The molecule has 3 N–H and O–H groups in total. The number of hydrogen-bond donors (Lipinski definition) is 3. The summed E-state index contributed by atoms with van der Waals surface area (Å²) < 4.78 is 1.79. The predicted octanol–water partition coefficient (Wildman–Crippen LogP) is 3.44. The number of rotatable bonds is 14. The minimum absolute atomic E-state index is 0.197. The Bertz CT molecular complexity index is 1390. The third-order valence-corrected chi connectivity index (χ3v) is 6.24. The number of aromatic nitrogens is 4. The number of hydrogen-bond acceptors (Lipinski definition) is 8. The second-order valence-corrected chi connectivity index (χ2v) is 9.99. The van der Waals surface area contributed by atoms with E-state index in [-0.39, 0.29) is 11.8 Å². The highest BCUT2D eigenvalue weighted by Gasteiger charge is 2.20. The first-order valence-corrected chi connectivity index (χ1v) is 14.1. The first-order valence-electron chi connectivity index (χ1n) is 14.1. The molecule has 2 amide bonds. The van der Waals surface area contributed by atoms with Crippen molar-refractivity contribution in [2.75, 3.05) is 51.4 Å². The Morgan fingerprint density at radius 3 is 2.74 bits per heavy atom. The molecule has 0 aliphatic rings. The second-order valence-electron chi connectivity index (χ2n) is 9.99. The molecule has 3 aromatic rings. The molecule has 3 rings (SSSR count). The van der Waals surface area contributed by atoms with Crippen LogP contribution in [-0.2, 0) is 9.59 Å². The lowest BCUT2D eigenvalue weighted by Crippen LogP contribution is -2.45. The SMILES string of the molecule is CCCNc1nc(Nc2cccc(-n3cccn3)c2)ncc1C#CCCCNC(=O)[C@H](C)N(C)C(=O)C=CCN(C)C. The van der Waals surface area contributed by atoms with Gasteiger partial charge in [-0.05, 0) is 58.1 Å². The molecule has 1 atom stereocenters. The van der Waals surface area contributed by atoms with Gasteiger partial charge in [-0.25, -0.2) is 9.67 Å². The molecular formula is C31H41N9O2. The molecule has 0 aliphatic carbocycles. The van der Waals surface area contributed by atoms with Crippen molar-refractivity contribution in [3.05, 3.63) is 66.6 Å². The van der Waals surface area contributed by atoms with Crippen molar-refractivity contribution in [3.8, 4) is 17.5 Å². The van der Waals surface area contributed by atoms with Gasteiger partial charge in [0, 0.05) is 57.3 Å². The monoisotopic (exact) mass is 571 g/mol. The smallest absolute Gasteiger partial charge is 0.246 e. The summed E-state index contributed by atoms with van der Waals surface area (Å²) in [5.74, 6) is 7.04. The van der Waals surface area contributed by atoms with Crippen LogP contribution in [0.4, 0.5) is 17.5 Å². The summed E-state index contributed by atoms with van der Waals surface area (Å²) in [6.07, 6.45) is 10.8. The van der Waals surface area contributed by atoms with Crippen LogP contribution in [0, 0.1) is 11.8 Å². The van der Waals surface area contributed by atoms with Gasteiger partial charge in [-0.15, -0.1) is 0 Å². The van der Waals surface area contributed by atoms with Crippen LogP contribution >= 0.6 is 0 Å². The van der Waals surface area contributed by atoms with E-state index in [0.717, 1.165) is 24.3 Å². The molecule has 42 heavy (non-hydrogen) atoms. The van der Waals surface area contributed by atoms with Crippen molar-refractivity contribution in [1.82, 2.24) is 34.9 Å². The van der Waals surface area contributed by atoms with E-state index >= 15 is 0 Å². The molecule has 11 nitrogen and oxygen atoms in total. The maximum Gasteiger partial charge on any atom is 0.246 e. The van der Waals surface area contributed by atoms with Crippen LogP contribution in [0.2, 0.25) is 0 Å². The van der Waals surface area contributed by atoms with Gasteiger partial charge in [-0.1, -0.05) is 30.9 Å². The highest BCUT2D eigenvalue weighted by molar-refractivity contribution is 5.92. The van der Waals surface area contributed by atoms with E-state index in [2.05, 4.69) is 49.8 Å². The van der Waals surface area contributed by atoms with Gasteiger partial charge in [0.2, 0.25) is 17.8 Å². The van der Waals surface area contributed by atoms with Crippen molar-refractivity contribution >= 4 is 29.3 Å². The maximum atomic E-state index is 12.5. The van der Waals surface area contributed by atoms with Crippen LogP contribution in [0.1, 0.15) is 38.7 Å². The largest absolute Gasteiger partial charge is 0.369 e. The number of unbranched alkanes of at least 4 members (excludes halogenated alkanes) is 1. The summed E-state index contributed by atoms with van der Waals surface area (Å²) in [6.45, 7) is 5.68. The summed E-state index contributed by atoms with van der Waals surface area (Å²) in [5.41, 5.74) is 2.48. The molecule has 2 aromatic heterocycles. The van der Waals surface area contributed by atoms with Gasteiger partial charge in [0.1, 0.15) is 11.9 Å². The molecule has 0 bridgehead atoms. The molecule has 0 unspecified atom stereocenters. The maximum absolute atomic E-state index is 12.5. The summed E-state index contributed by atoms with van der Waals surface area (Å²) in [5, 5.41) is 13.8. The van der Waals surface area contributed by atoms with Gasteiger partial charge in [0.05, 0.1) is 17.4 Å². The molecule has 1 aromatic carbocycles. The molecular weight excluding hydrogens is 530 g/mol. The Hall–Kier alpha value is -4.69. The van der Waals surface area contributed by atoms with Crippen LogP contribution in [-0.4, -0.2) is 88.2 Å². The Labute approximate surface area is 248 Å². The number of anilines is 3. The number of nitrogens with one attached hydrogen (secondary N) is 3. The fraction of sp³-hybridized carbons (Fsp3) is 0.387. The average molecular weight is 572 g/mol. The predicted molar refractivity (Wildman–Crippen MR) is 167 cm³/mol. The molecule has 0 saturated carbocycles. The lowest BCUT2D eigenvalue weighted by Gasteiger charge is -2.23. The van der Waals surface area contributed by atoms with E-state index in [1.807, 2.05) is 55.5 Å². The van der Waals surface area contributed by atoms with Gasteiger partial charge in [-0.2, -0.15) is 10.1 Å². The lowest BCUT2D eigenvalue weighted by molar-refractivity contribution is -0.135. The number of amides is 2. The average Bonchev–Trinajstić information content (AvgIpc) is 3.53. The first-order chi connectivity index (χ1) is 20.3. The van der Waals surface area contributed by atoms with E-state index in [0.29, 0.717) is 43.3 Å². The topological polar surface area (TPSA) is 120 Å². The minimum atomic E-state index is -0.572. The minimum Gasteiger partial charge on any atom is -0.369 e. The van der Waals surface area contributed by atoms with Gasteiger partial charge in [0.25, 0.3) is 0 Å². The molecule has 0 aliphatic heterocycles. The van der Waals surface area contributed by atoms with Crippen LogP contribution in [0.25, 0.3) is 5.69 Å². The number of benzene rings is 1. The fourth-order valence-corrected chi connectivity index (χ4v) is 3.73. The Morgan fingerprint density at radius 2 is 2.00 bits per heavy atom. The van der Waals surface area contributed by atoms with E-state index in [1.165, 1.54) is 11.0 Å². The zero-order chi connectivity index (χ0) is 30.3. The van der Waals surface area contributed by atoms with Crippen LogP contribution in [0.5, 0.6) is 0 Å². The van der Waals surface area contributed by atoms with E-state index in [4.69, 9.17) is 0 Å². The quantitative estimate of drug-likeness (QED) is 0.153. The van der Waals surface area contributed by atoms with Crippen molar-refractivity contribution in [2.45, 2.75) is 39.2 Å². The Balaban J connectivity index is 1.53. The molecule has 0 saturated heterocycles. The summed E-state index contributed by atoms with van der Waals surface area (Å²) >= 11 is 0. The third-order valence-electron chi connectivity index (χ3n) is 6.24. The van der Waals surface area contributed by atoms with Crippen LogP contribution in [0.15, 0.2) is 61.1 Å². The van der Waals surface area contributed by atoms with Crippen molar-refractivity contribution in [3.63, 3.8) is 0 Å². The summed E-state index contributed by atoms with van der Waals surface area (Å²) in [7, 11) is 5.48. The lowest BCUT2D eigenvalue weighted by atomic mass is 10.2. The first kappa shape index (κ1) is 31.8. The highest BCUT2D eigenvalue weighted by Crippen LogP contribution is 2.19.